The third kappa shape index (κ3) is 5.16. The van der Waals surface area contributed by atoms with Crippen molar-refractivity contribution in [2.75, 3.05) is 27.2 Å². The van der Waals surface area contributed by atoms with Crippen LogP contribution < -0.4 is 10.4 Å². The molecule has 0 spiro atoms. The molecule has 0 atom stereocenters. The van der Waals surface area contributed by atoms with Crippen LogP contribution in [0.15, 0.2) is 41.5 Å². The van der Waals surface area contributed by atoms with E-state index in [2.05, 4.69) is 19.0 Å². The monoisotopic (exact) mass is 413 g/mol. The normalized spacial score (nSPS) is 22.6. The summed E-state index contributed by atoms with van der Waals surface area (Å²) in [5.74, 6) is 0.894. The molecule has 2 aliphatic rings. The lowest BCUT2D eigenvalue weighted by Crippen LogP contribution is -2.31. The molecule has 0 amide bonds. The summed E-state index contributed by atoms with van der Waals surface area (Å²) in [5, 5.41) is 0. The Balaban J connectivity index is 1.34. The number of hydrogen-bond acceptors (Lipinski definition) is 4. The van der Waals surface area contributed by atoms with Gasteiger partial charge in [-0.05, 0) is 89.7 Å². The minimum Gasteiger partial charge on any atom is -0.490 e. The Morgan fingerprint density at radius 3 is 2.30 bits per heavy atom. The number of imidazole rings is 1. The number of nitrogens with zero attached hydrogens (tertiary/aromatic N) is 3. The topological polar surface area (TPSA) is 48.6 Å². The van der Waals surface area contributed by atoms with Crippen LogP contribution in [0.3, 0.4) is 0 Å². The van der Waals surface area contributed by atoms with Crippen molar-refractivity contribution in [3.8, 4) is 11.4 Å². The van der Waals surface area contributed by atoms with Gasteiger partial charge in [0, 0.05) is 25.0 Å². The second-order valence-corrected chi connectivity index (χ2v) is 8.98. The predicted octanol–water partition coefficient (Wildman–Crippen LogP) is 4.02. The molecule has 2 aliphatic carbocycles. The summed E-state index contributed by atoms with van der Waals surface area (Å²) >= 11 is 0. The van der Waals surface area contributed by atoms with Gasteiger partial charge in [-0.25, -0.2) is 4.79 Å². The molecule has 6 nitrogen and oxygen atoms in total. The second-order valence-electron chi connectivity index (χ2n) is 8.98. The average Bonchev–Trinajstić information content (AvgIpc) is 3.39. The van der Waals surface area contributed by atoms with E-state index in [1.165, 1.54) is 12.8 Å². The Bertz CT molecular complexity index is 841. The molecule has 0 aliphatic heterocycles. The van der Waals surface area contributed by atoms with Crippen LogP contribution in [0, 0.1) is 0 Å². The Morgan fingerprint density at radius 2 is 1.63 bits per heavy atom. The quantitative estimate of drug-likeness (QED) is 0.656. The number of likely N-dealkylation sites (N-methyl/N-ethyl adjacent to an activating group) is 1. The summed E-state index contributed by atoms with van der Waals surface area (Å²) in [6.45, 7) is 1.73. The van der Waals surface area contributed by atoms with Crippen molar-refractivity contribution in [2.45, 2.75) is 69.6 Å². The molecule has 1 aromatic heterocycles. The van der Waals surface area contributed by atoms with E-state index in [-0.39, 0.29) is 11.7 Å². The van der Waals surface area contributed by atoms with E-state index in [1.807, 2.05) is 41.2 Å². The lowest BCUT2D eigenvalue weighted by atomic mass is 9.93. The Labute approximate surface area is 179 Å². The predicted molar refractivity (Wildman–Crippen MR) is 119 cm³/mol. The van der Waals surface area contributed by atoms with E-state index in [9.17, 15) is 4.79 Å². The molecule has 0 saturated heterocycles. The van der Waals surface area contributed by atoms with Crippen LogP contribution in [0.25, 0.3) is 5.69 Å². The molecule has 4 rings (SSSR count). The van der Waals surface area contributed by atoms with E-state index < -0.39 is 0 Å². The van der Waals surface area contributed by atoms with Gasteiger partial charge in [0.25, 0.3) is 0 Å². The molecule has 1 heterocycles. The van der Waals surface area contributed by atoms with Gasteiger partial charge in [-0.3, -0.25) is 9.13 Å². The Hall–Kier alpha value is -2.05. The number of ether oxygens (including phenoxy) is 2. The van der Waals surface area contributed by atoms with Crippen molar-refractivity contribution in [1.82, 2.24) is 14.0 Å². The lowest BCUT2D eigenvalue weighted by Gasteiger charge is -2.29. The molecular formula is C24H35N3O3. The van der Waals surface area contributed by atoms with Gasteiger partial charge in [0.2, 0.25) is 0 Å². The minimum absolute atomic E-state index is 0.0384. The maximum absolute atomic E-state index is 13.0. The van der Waals surface area contributed by atoms with Crippen molar-refractivity contribution in [3.05, 3.63) is 47.1 Å². The first kappa shape index (κ1) is 21.2. The van der Waals surface area contributed by atoms with Crippen LogP contribution in [0.5, 0.6) is 5.75 Å². The fraction of sp³-hybridized carbons (Fsp3) is 0.625. The molecule has 6 heteroatoms. The van der Waals surface area contributed by atoms with Crippen molar-refractivity contribution >= 4 is 0 Å². The molecule has 2 fully saturated rings. The van der Waals surface area contributed by atoms with Crippen LogP contribution >= 0.6 is 0 Å². The van der Waals surface area contributed by atoms with Crippen LogP contribution in [0.2, 0.25) is 0 Å². The average molecular weight is 414 g/mol. The van der Waals surface area contributed by atoms with Crippen LogP contribution in [0.1, 0.15) is 57.4 Å². The molecule has 30 heavy (non-hydrogen) atoms. The number of aromatic nitrogens is 2. The first-order chi connectivity index (χ1) is 14.6. The Kier molecular flexibility index (Phi) is 6.95. The van der Waals surface area contributed by atoms with E-state index >= 15 is 0 Å². The molecule has 0 unspecified atom stereocenters. The van der Waals surface area contributed by atoms with Gasteiger partial charge in [0.05, 0.1) is 24.5 Å². The van der Waals surface area contributed by atoms with Crippen molar-refractivity contribution in [2.24, 2.45) is 0 Å². The van der Waals surface area contributed by atoms with E-state index in [1.54, 1.807) is 4.57 Å². The molecule has 164 valence electrons. The number of hydrogen-bond donors (Lipinski definition) is 0. The second kappa shape index (κ2) is 9.84. The molecule has 0 N–H and O–H groups in total. The van der Waals surface area contributed by atoms with Gasteiger partial charge in [-0.1, -0.05) is 0 Å². The first-order valence-corrected chi connectivity index (χ1v) is 11.4. The maximum Gasteiger partial charge on any atom is 0.332 e. The van der Waals surface area contributed by atoms with E-state index in [0.29, 0.717) is 12.2 Å². The number of benzene rings is 1. The summed E-state index contributed by atoms with van der Waals surface area (Å²) in [6.07, 6.45) is 13.3. The SMILES string of the molecule is CN(C)CCOC1CCC(n2ccn(-c3ccc(OC4CCCC4)cc3)c2=O)CC1. The van der Waals surface area contributed by atoms with Gasteiger partial charge in [-0.15, -0.1) is 0 Å². The van der Waals surface area contributed by atoms with Crippen LogP contribution in [-0.4, -0.2) is 53.5 Å². The van der Waals surface area contributed by atoms with Gasteiger partial charge < -0.3 is 14.4 Å². The zero-order valence-electron chi connectivity index (χ0n) is 18.3. The first-order valence-electron chi connectivity index (χ1n) is 11.4. The molecular weight excluding hydrogens is 378 g/mol. The summed E-state index contributed by atoms with van der Waals surface area (Å²) in [6, 6.07) is 8.18. The summed E-state index contributed by atoms with van der Waals surface area (Å²) in [4.78, 5) is 15.2. The maximum atomic E-state index is 13.0. The zero-order chi connectivity index (χ0) is 20.9. The van der Waals surface area contributed by atoms with Crippen LogP contribution in [-0.2, 0) is 4.74 Å². The zero-order valence-corrected chi connectivity index (χ0v) is 18.3. The molecule has 2 saturated carbocycles. The fourth-order valence-corrected chi connectivity index (χ4v) is 4.64. The molecule has 2 aromatic rings. The summed E-state index contributed by atoms with van der Waals surface area (Å²) in [5.41, 5.74) is 0.926. The van der Waals surface area contributed by atoms with E-state index in [4.69, 9.17) is 9.47 Å². The highest BCUT2D eigenvalue weighted by Crippen LogP contribution is 2.29. The van der Waals surface area contributed by atoms with Crippen LogP contribution in [0.4, 0.5) is 0 Å². The van der Waals surface area contributed by atoms with Crippen molar-refractivity contribution < 1.29 is 9.47 Å². The highest BCUT2D eigenvalue weighted by Gasteiger charge is 2.24. The fourth-order valence-electron chi connectivity index (χ4n) is 4.64. The minimum atomic E-state index is 0.0384. The molecule has 0 bridgehead atoms. The highest BCUT2D eigenvalue weighted by molar-refractivity contribution is 5.37. The third-order valence-electron chi connectivity index (χ3n) is 6.45. The smallest absolute Gasteiger partial charge is 0.332 e. The van der Waals surface area contributed by atoms with E-state index in [0.717, 1.165) is 63.1 Å². The molecule has 1 aromatic carbocycles. The summed E-state index contributed by atoms with van der Waals surface area (Å²) < 4.78 is 15.7. The third-order valence-corrected chi connectivity index (χ3v) is 6.45. The van der Waals surface area contributed by atoms with Crippen molar-refractivity contribution in [3.63, 3.8) is 0 Å². The van der Waals surface area contributed by atoms with Crippen molar-refractivity contribution in [1.29, 1.82) is 0 Å². The van der Waals surface area contributed by atoms with Gasteiger partial charge in [0.15, 0.2) is 0 Å². The lowest BCUT2D eigenvalue weighted by molar-refractivity contribution is 0.0129. The van der Waals surface area contributed by atoms with Gasteiger partial charge >= 0.3 is 5.69 Å². The van der Waals surface area contributed by atoms with Gasteiger partial charge in [-0.2, -0.15) is 0 Å². The van der Waals surface area contributed by atoms with Gasteiger partial charge in [0.1, 0.15) is 5.75 Å². The standard InChI is InChI=1S/C24H35N3O3/c1-25(2)17-18-29-21-11-7-19(8-12-21)26-15-16-27(24(26)28)20-9-13-23(14-10-20)30-22-5-3-4-6-22/h9-10,13-16,19,21-22H,3-8,11-12,17-18H2,1-2H3. The largest absolute Gasteiger partial charge is 0.490 e. The summed E-state index contributed by atoms with van der Waals surface area (Å²) in [7, 11) is 4.13. The Morgan fingerprint density at radius 1 is 0.933 bits per heavy atom. The number of rotatable bonds is 8. The highest BCUT2D eigenvalue weighted by atomic mass is 16.5. The molecule has 0 radical (unpaired) electrons.